The third kappa shape index (κ3) is 62.1. The van der Waals surface area contributed by atoms with Crippen molar-refractivity contribution in [1.29, 1.82) is 0 Å². The first-order valence-corrected chi connectivity index (χ1v) is 31.8. The van der Waals surface area contributed by atoms with Crippen LogP contribution in [0.4, 0.5) is 0 Å². The summed E-state index contributed by atoms with van der Waals surface area (Å²) in [6.45, 7) is 6.36. The first-order valence-electron chi connectivity index (χ1n) is 31.8. The highest BCUT2D eigenvalue weighted by atomic mass is 16.6. The summed E-state index contributed by atoms with van der Waals surface area (Å²) in [6, 6.07) is 0. The molecule has 0 aromatic heterocycles. The molecule has 78 heavy (non-hydrogen) atoms. The molecule has 0 aliphatic carbocycles. The Hall–Kier alpha value is -4.71. The van der Waals surface area contributed by atoms with Gasteiger partial charge in [0.2, 0.25) is 0 Å². The summed E-state index contributed by atoms with van der Waals surface area (Å²) < 4.78 is 16.9. The SMILES string of the molecule is CC/C=C\C/C=C\C/C=C\C/C=C\C/C=C\C/C=C\C/C=C\CCCCCCCC(=O)OCC(COC(=O)CCCCCCC/C=C\CCCCC)OC(=O)CCCCCCCCCC/C=C\C/C=C\C/C=C\C/C=C\CC. The van der Waals surface area contributed by atoms with Crippen LogP contribution >= 0.6 is 0 Å². The van der Waals surface area contributed by atoms with Crippen LogP contribution in [0.3, 0.4) is 0 Å². The van der Waals surface area contributed by atoms with Crippen LogP contribution in [0.1, 0.15) is 271 Å². The monoisotopic (exact) mass is 1080 g/mol. The van der Waals surface area contributed by atoms with Gasteiger partial charge in [-0.1, -0.05) is 256 Å². The van der Waals surface area contributed by atoms with E-state index in [-0.39, 0.29) is 31.1 Å². The molecule has 0 N–H and O–H groups in total. The molecule has 0 aliphatic heterocycles. The molecule has 0 spiro atoms. The second kappa shape index (κ2) is 64.8. The Balaban J connectivity index is 4.40. The van der Waals surface area contributed by atoms with E-state index in [1.165, 1.54) is 64.2 Å². The number of hydrogen-bond donors (Lipinski definition) is 0. The Bertz CT molecular complexity index is 1710. The second-order valence-electron chi connectivity index (χ2n) is 20.5. The van der Waals surface area contributed by atoms with Crippen LogP contribution < -0.4 is 0 Å². The summed E-state index contributed by atoms with van der Waals surface area (Å²) in [5.41, 5.74) is 0. The van der Waals surface area contributed by atoms with Gasteiger partial charge in [-0.25, -0.2) is 0 Å². The van der Waals surface area contributed by atoms with Crippen LogP contribution in [0.25, 0.3) is 0 Å². The summed E-state index contributed by atoms with van der Waals surface area (Å²) in [5.74, 6) is -0.934. The van der Waals surface area contributed by atoms with Crippen molar-refractivity contribution < 1.29 is 28.6 Å². The van der Waals surface area contributed by atoms with Crippen molar-refractivity contribution in [1.82, 2.24) is 0 Å². The topological polar surface area (TPSA) is 78.9 Å². The lowest BCUT2D eigenvalue weighted by Crippen LogP contribution is -2.30. The number of allylic oxidation sites excluding steroid dienone is 24. The molecule has 0 aliphatic rings. The number of rotatable bonds is 56. The maximum absolute atomic E-state index is 12.9. The first kappa shape index (κ1) is 73.3. The molecular formula is C72H116O6. The molecule has 0 saturated carbocycles. The Morgan fingerprint density at radius 1 is 0.269 bits per heavy atom. The normalized spacial score (nSPS) is 13.1. The van der Waals surface area contributed by atoms with Crippen molar-refractivity contribution in [2.75, 3.05) is 13.2 Å². The molecular weight excluding hydrogens is 961 g/mol. The summed E-state index contributed by atoms with van der Waals surface area (Å²) in [6.07, 6.45) is 92.7. The summed E-state index contributed by atoms with van der Waals surface area (Å²) in [5, 5.41) is 0. The van der Waals surface area contributed by atoms with Crippen LogP contribution in [0.15, 0.2) is 146 Å². The van der Waals surface area contributed by atoms with Crippen LogP contribution in [0, 0.1) is 0 Å². The number of carbonyl (C=O) groups is 3. The van der Waals surface area contributed by atoms with Gasteiger partial charge in [-0.3, -0.25) is 14.4 Å². The quantitative estimate of drug-likeness (QED) is 0.0261. The average molecular weight is 1080 g/mol. The van der Waals surface area contributed by atoms with Gasteiger partial charge in [-0.2, -0.15) is 0 Å². The van der Waals surface area contributed by atoms with Crippen molar-refractivity contribution in [3.8, 4) is 0 Å². The fourth-order valence-corrected chi connectivity index (χ4v) is 8.35. The number of ether oxygens (including phenoxy) is 3. The molecule has 0 radical (unpaired) electrons. The Kier molecular flexibility index (Phi) is 60.9. The van der Waals surface area contributed by atoms with Gasteiger partial charge in [0, 0.05) is 19.3 Å². The molecule has 0 aromatic rings. The summed E-state index contributed by atoms with van der Waals surface area (Å²) in [4.78, 5) is 38.3. The van der Waals surface area contributed by atoms with Crippen LogP contribution in [-0.2, 0) is 28.6 Å². The maximum Gasteiger partial charge on any atom is 0.306 e. The second-order valence-corrected chi connectivity index (χ2v) is 20.5. The van der Waals surface area contributed by atoms with E-state index in [0.29, 0.717) is 19.3 Å². The molecule has 0 aromatic carbocycles. The molecule has 0 bridgehead atoms. The number of hydrogen-bond acceptors (Lipinski definition) is 6. The minimum Gasteiger partial charge on any atom is -0.462 e. The van der Waals surface area contributed by atoms with Gasteiger partial charge in [0.15, 0.2) is 6.10 Å². The predicted molar refractivity (Wildman–Crippen MR) is 339 cm³/mol. The largest absolute Gasteiger partial charge is 0.462 e. The zero-order valence-corrected chi connectivity index (χ0v) is 50.4. The molecule has 0 fully saturated rings. The summed E-state index contributed by atoms with van der Waals surface area (Å²) in [7, 11) is 0. The molecule has 6 heteroatoms. The van der Waals surface area contributed by atoms with E-state index in [1.807, 2.05) is 0 Å². The smallest absolute Gasteiger partial charge is 0.306 e. The van der Waals surface area contributed by atoms with E-state index >= 15 is 0 Å². The molecule has 0 amide bonds. The van der Waals surface area contributed by atoms with Crippen molar-refractivity contribution >= 4 is 17.9 Å². The van der Waals surface area contributed by atoms with Crippen LogP contribution in [-0.4, -0.2) is 37.2 Å². The molecule has 0 rings (SSSR count). The molecule has 440 valence electrons. The van der Waals surface area contributed by atoms with E-state index in [4.69, 9.17) is 14.2 Å². The predicted octanol–water partition coefficient (Wildman–Crippen LogP) is 21.9. The van der Waals surface area contributed by atoms with Crippen molar-refractivity contribution in [3.63, 3.8) is 0 Å². The lowest BCUT2D eigenvalue weighted by molar-refractivity contribution is -0.167. The van der Waals surface area contributed by atoms with Gasteiger partial charge in [0.1, 0.15) is 13.2 Å². The van der Waals surface area contributed by atoms with Crippen LogP contribution in [0.5, 0.6) is 0 Å². The Morgan fingerprint density at radius 3 is 0.795 bits per heavy atom. The van der Waals surface area contributed by atoms with Gasteiger partial charge in [0.05, 0.1) is 0 Å². The fraction of sp³-hybridized carbons (Fsp3) is 0.625. The lowest BCUT2D eigenvalue weighted by Gasteiger charge is -2.18. The molecule has 6 nitrogen and oxygen atoms in total. The Labute approximate surface area is 480 Å². The third-order valence-corrected chi connectivity index (χ3v) is 13.1. The van der Waals surface area contributed by atoms with E-state index in [2.05, 4.69) is 167 Å². The maximum atomic E-state index is 12.9. The summed E-state index contributed by atoms with van der Waals surface area (Å²) >= 11 is 0. The zero-order valence-electron chi connectivity index (χ0n) is 50.4. The standard InChI is InChI=1S/C72H116O6/c1-4-7-10-13-16-19-22-25-27-29-31-33-34-35-36-37-38-40-41-43-45-47-50-53-56-59-62-65-71(74)77-68-69(67-76-70(73)64-61-58-55-52-49-24-21-18-15-12-9-6-3)78-72(75)66-63-60-57-54-51-48-46-44-42-39-32-30-28-26-23-20-17-14-11-8-5-2/h7-8,10-11,16-21,25-28,31-33,35-36,38-40,43,45,69H,4-6,9,12-15,22-24,29-30,34,37,41-42,44,46-68H2,1-3H3/b10-7-,11-8-,19-16-,20-17-,21-18-,27-25-,28-26-,33-31-,36-35-,39-32-,40-38-,45-43-. The number of unbranched alkanes of at least 4 members (excludes halogenated alkanes) is 21. The van der Waals surface area contributed by atoms with Crippen molar-refractivity contribution in [2.45, 2.75) is 277 Å². The first-order chi connectivity index (χ1) is 38.5. The minimum absolute atomic E-state index is 0.0967. The van der Waals surface area contributed by atoms with Crippen LogP contribution in [0.2, 0.25) is 0 Å². The Morgan fingerprint density at radius 2 is 0.500 bits per heavy atom. The number of esters is 3. The van der Waals surface area contributed by atoms with Gasteiger partial charge < -0.3 is 14.2 Å². The highest BCUT2D eigenvalue weighted by molar-refractivity contribution is 5.71. The molecule has 1 unspecified atom stereocenters. The third-order valence-electron chi connectivity index (χ3n) is 13.1. The number of carbonyl (C=O) groups excluding carboxylic acids is 3. The average Bonchev–Trinajstić information content (AvgIpc) is 3.44. The minimum atomic E-state index is -0.801. The van der Waals surface area contributed by atoms with Gasteiger partial charge in [-0.15, -0.1) is 0 Å². The molecule has 1 atom stereocenters. The van der Waals surface area contributed by atoms with Crippen molar-refractivity contribution in [3.05, 3.63) is 146 Å². The van der Waals surface area contributed by atoms with Gasteiger partial charge in [0.25, 0.3) is 0 Å². The fourth-order valence-electron chi connectivity index (χ4n) is 8.35. The van der Waals surface area contributed by atoms with Crippen molar-refractivity contribution in [2.24, 2.45) is 0 Å². The van der Waals surface area contributed by atoms with E-state index in [1.54, 1.807) is 0 Å². The zero-order chi connectivity index (χ0) is 56.4. The highest BCUT2D eigenvalue weighted by Crippen LogP contribution is 2.14. The van der Waals surface area contributed by atoms with E-state index in [9.17, 15) is 14.4 Å². The molecule has 0 heterocycles. The molecule has 0 saturated heterocycles. The highest BCUT2D eigenvalue weighted by Gasteiger charge is 2.19. The van der Waals surface area contributed by atoms with E-state index < -0.39 is 6.10 Å². The van der Waals surface area contributed by atoms with Gasteiger partial charge >= 0.3 is 17.9 Å². The van der Waals surface area contributed by atoms with E-state index in [0.717, 1.165) is 167 Å². The lowest BCUT2D eigenvalue weighted by atomic mass is 10.1. The van der Waals surface area contributed by atoms with Gasteiger partial charge in [-0.05, 0) is 141 Å².